The summed E-state index contributed by atoms with van der Waals surface area (Å²) in [7, 11) is -1.95. The minimum Gasteiger partial charge on any atom is -0.481 e. The Morgan fingerprint density at radius 1 is 1.06 bits per heavy atom. The Bertz CT molecular complexity index is 1200. The van der Waals surface area contributed by atoms with Gasteiger partial charge in [0.05, 0.1) is 46.0 Å². The van der Waals surface area contributed by atoms with Crippen LogP contribution >= 0.6 is 0 Å². The normalized spacial score (nSPS) is 12.0. The molecule has 3 amide bonds. The van der Waals surface area contributed by atoms with Crippen LogP contribution in [0, 0.1) is 4.91 Å². The van der Waals surface area contributed by atoms with Gasteiger partial charge in [-0.05, 0) is 30.3 Å². The largest absolute Gasteiger partial charge is 0.481 e. The number of nitrogens with one attached hydrogen (secondary N) is 2. The summed E-state index contributed by atoms with van der Waals surface area (Å²) in [5, 5.41) is 16.3. The van der Waals surface area contributed by atoms with Gasteiger partial charge in [0, 0.05) is 16.5 Å². The molecule has 2 unspecified atom stereocenters. The summed E-state index contributed by atoms with van der Waals surface area (Å²) in [6.45, 7) is -0.502. The number of rotatable bonds is 11. The van der Waals surface area contributed by atoms with E-state index in [-0.39, 0.29) is 27.7 Å². The molecule has 0 radical (unpaired) electrons. The van der Waals surface area contributed by atoms with E-state index in [1.54, 1.807) is 6.07 Å². The molecule has 0 aliphatic heterocycles. The van der Waals surface area contributed by atoms with Crippen LogP contribution < -0.4 is 22.1 Å². The molecule has 35 heavy (non-hydrogen) atoms. The third kappa shape index (κ3) is 8.43. The second kappa shape index (κ2) is 12.7. The van der Waals surface area contributed by atoms with E-state index in [1.807, 2.05) is 0 Å². The van der Waals surface area contributed by atoms with E-state index in [4.69, 9.17) is 16.6 Å². The third-order valence-electron chi connectivity index (χ3n) is 4.36. The Balaban J connectivity index is 2.04. The SMILES string of the molecule is NC(N)=Nc1cccc(C(=O)NCC(=O)NC(CC(=O)O)CS(=O)c2ccccc2C(=O)N=O)c1. The quantitative estimate of drug-likeness (QED) is 0.158. The lowest BCUT2D eigenvalue weighted by atomic mass is 10.2. The zero-order valence-corrected chi connectivity index (χ0v) is 19.0. The van der Waals surface area contributed by atoms with Crippen LogP contribution in [0.1, 0.15) is 27.1 Å². The average Bonchev–Trinajstić information content (AvgIpc) is 2.81. The number of hydrogen-bond acceptors (Lipinski definition) is 7. The number of carbonyl (C=O) groups excluding carboxylic acids is 3. The standard InChI is InChI=1S/C21H22N6O7S/c22-21(23)26-13-5-3-4-12(8-13)19(31)24-10-17(28)25-14(9-18(29)30)11-35(34)16-7-2-1-6-15(16)20(32)27-33/h1-8,14H,9-11H2,(H,24,31)(H,25,28)(H,29,30)(H4,22,23,26). The molecule has 2 rings (SSSR count). The highest BCUT2D eigenvalue weighted by Crippen LogP contribution is 2.17. The number of guanidine groups is 1. The number of carboxylic acids is 1. The van der Waals surface area contributed by atoms with Gasteiger partial charge in [0.1, 0.15) is 0 Å². The van der Waals surface area contributed by atoms with Crippen molar-refractivity contribution in [2.75, 3.05) is 12.3 Å². The molecule has 2 aromatic carbocycles. The fourth-order valence-electron chi connectivity index (χ4n) is 2.93. The number of benzene rings is 2. The second-order valence-corrected chi connectivity index (χ2v) is 8.50. The van der Waals surface area contributed by atoms with Gasteiger partial charge in [-0.1, -0.05) is 18.2 Å². The van der Waals surface area contributed by atoms with Gasteiger partial charge in [-0.15, -0.1) is 4.91 Å². The number of nitrogens with zero attached hydrogens (tertiary/aromatic N) is 2. The number of carbonyl (C=O) groups is 4. The Morgan fingerprint density at radius 2 is 1.77 bits per heavy atom. The Kier molecular flexibility index (Phi) is 9.71. The number of nitroso groups, excluding NO2 is 1. The molecule has 0 aromatic heterocycles. The predicted octanol–water partition coefficient (Wildman–Crippen LogP) is -0.00480. The van der Waals surface area contributed by atoms with Crippen LogP contribution in [0.2, 0.25) is 0 Å². The summed E-state index contributed by atoms with van der Waals surface area (Å²) in [5.74, 6) is -4.30. The first kappa shape index (κ1) is 26.8. The fraction of sp³-hybridized carbons (Fsp3) is 0.190. The zero-order valence-electron chi connectivity index (χ0n) is 18.2. The van der Waals surface area contributed by atoms with Crippen LogP contribution in [-0.2, 0) is 20.4 Å². The number of nitrogens with two attached hydrogens (primary N) is 2. The van der Waals surface area contributed by atoms with E-state index >= 15 is 0 Å². The van der Waals surface area contributed by atoms with E-state index in [2.05, 4.69) is 20.8 Å². The number of carboxylic acid groups (broad SMARTS) is 1. The molecular weight excluding hydrogens is 480 g/mol. The number of aliphatic imine (C=N–C) groups is 1. The van der Waals surface area contributed by atoms with Crippen molar-refractivity contribution in [3.63, 3.8) is 0 Å². The zero-order chi connectivity index (χ0) is 26.0. The molecule has 2 aromatic rings. The molecular formula is C21H22N6O7S. The fourth-order valence-corrected chi connectivity index (χ4v) is 4.31. The second-order valence-electron chi connectivity index (χ2n) is 7.04. The van der Waals surface area contributed by atoms with E-state index in [1.165, 1.54) is 42.5 Å². The molecule has 0 saturated carbocycles. The van der Waals surface area contributed by atoms with Gasteiger partial charge in [-0.25, -0.2) is 4.99 Å². The van der Waals surface area contributed by atoms with Crippen LogP contribution in [0.15, 0.2) is 63.6 Å². The van der Waals surface area contributed by atoms with Crippen LogP contribution in [0.5, 0.6) is 0 Å². The minimum atomic E-state index is -1.95. The van der Waals surface area contributed by atoms with Gasteiger partial charge in [0.15, 0.2) is 5.96 Å². The molecule has 0 spiro atoms. The minimum absolute atomic E-state index is 0.0179. The van der Waals surface area contributed by atoms with Crippen molar-refractivity contribution in [2.24, 2.45) is 21.6 Å². The van der Waals surface area contributed by atoms with Crippen molar-refractivity contribution >= 4 is 46.1 Å². The Morgan fingerprint density at radius 3 is 2.43 bits per heavy atom. The maximum atomic E-state index is 12.8. The van der Waals surface area contributed by atoms with Crippen molar-refractivity contribution < 1.29 is 28.5 Å². The van der Waals surface area contributed by atoms with Gasteiger partial charge >= 0.3 is 11.9 Å². The molecule has 0 bridgehead atoms. The topological polar surface area (TPSA) is 223 Å². The van der Waals surface area contributed by atoms with Gasteiger partial charge in [-0.2, -0.15) is 0 Å². The summed E-state index contributed by atoms with van der Waals surface area (Å²) >= 11 is 0. The number of aliphatic carboxylic acids is 1. The summed E-state index contributed by atoms with van der Waals surface area (Å²) in [6.07, 6.45) is -0.575. The first-order chi connectivity index (χ1) is 16.6. The van der Waals surface area contributed by atoms with Crippen LogP contribution in [-0.4, -0.2) is 57.3 Å². The average molecular weight is 503 g/mol. The van der Waals surface area contributed by atoms with Crippen molar-refractivity contribution in [3.8, 4) is 0 Å². The molecule has 0 saturated heterocycles. The van der Waals surface area contributed by atoms with E-state index in [9.17, 15) is 28.3 Å². The number of amides is 3. The highest BCUT2D eigenvalue weighted by Gasteiger charge is 2.23. The predicted molar refractivity (Wildman–Crippen MR) is 126 cm³/mol. The first-order valence-corrected chi connectivity index (χ1v) is 11.3. The van der Waals surface area contributed by atoms with Gasteiger partial charge in [0.25, 0.3) is 5.91 Å². The van der Waals surface area contributed by atoms with Gasteiger partial charge in [-0.3, -0.25) is 23.4 Å². The van der Waals surface area contributed by atoms with Crippen LogP contribution in [0.3, 0.4) is 0 Å². The smallest absolute Gasteiger partial charge is 0.318 e. The molecule has 0 aliphatic rings. The monoisotopic (exact) mass is 502 g/mol. The van der Waals surface area contributed by atoms with Gasteiger partial charge in [0.2, 0.25) is 5.91 Å². The summed E-state index contributed by atoms with van der Waals surface area (Å²) < 4.78 is 12.8. The first-order valence-electron chi connectivity index (χ1n) is 9.94. The molecule has 14 heteroatoms. The maximum Gasteiger partial charge on any atom is 0.318 e. The molecule has 7 N–H and O–H groups in total. The van der Waals surface area contributed by atoms with Crippen molar-refractivity contribution in [1.82, 2.24) is 10.6 Å². The van der Waals surface area contributed by atoms with Gasteiger partial charge < -0.3 is 27.2 Å². The number of hydrogen-bond donors (Lipinski definition) is 5. The third-order valence-corrected chi connectivity index (χ3v) is 5.91. The van der Waals surface area contributed by atoms with E-state index in [0.29, 0.717) is 5.69 Å². The molecule has 2 atom stereocenters. The Hall–Kier alpha value is -4.46. The van der Waals surface area contributed by atoms with Crippen molar-refractivity contribution in [2.45, 2.75) is 17.4 Å². The van der Waals surface area contributed by atoms with E-state index < -0.39 is 53.5 Å². The van der Waals surface area contributed by atoms with Crippen LogP contribution in [0.25, 0.3) is 0 Å². The summed E-state index contributed by atoms with van der Waals surface area (Å²) in [5.41, 5.74) is 10.9. The molecule has 0 fully saturated rings. The van der Waals surface area contributed by atoms with Crippen molar-refractivity contribution in [1.29, 1.82) is 0 Å². The molecule has 13 nitrogen and oxygen atoms in total. The molecule has 0 heterocycles. The van der Waals surface area contributed by atoms with E-state index in [0.717, 1.165) is 0 Å². The maximum absolute atomic E-state index is 12.8. The molecule has 184 valence electrons. The van der Waals surface area contributed by atoms with Crippen LogP contribution in [0.4, 0.5) is 5.69 Å². The summed E-state index contributed by atoms with van der Waals surface area (Å²) in [4.78, 5) is 62.0. The molecule has 0 aliphatic carbocycles. The highest BCUT2D eigenvalue weighted by molar-refractivity contribution is 7.85. The highest BCUT2D eigenvalue weighted by atomic mass is 32.2. The lowest BCUT2D eigenvalue weighted by Crippen LogP contribution is -2.45. The lowest BCUT2D eigenvalue weighted by molar-refractivity contribution is -0.137. The summed E-state index contributed by atoms with van der Waals surface area (Å²) in [6, 6.07) is 10.4. The lowest BCUT2D eigenvalue weighted by Gasteiger charge is -2.17. The van der Waals surface area contributed by atoms with Crippen molar-refractivity contribution in [3.05, 3.63) is 64.6 Å². The Labute approximate surface area is 201 Å².